The second-order valence-corrected chi connectivity index (χ2v) is 4.47. The molecule has 1 saturated carbocycles. The van der Waals surface area contributed by atoms with Crippen LogP contribution in [-0.2, 0) is 9.53 Å². The summed E-state index contributed by atoms with van der Waals surface area (Å²) >= 11 is 5.15. The molecule has 1 aliphatic rings. The van der Waals surface area contributed by atoms with Crippen LogP contribution >= 0.6 is 12.2 Å². The first kappa shape index (κ1) is 13.2. The van der Waals surface area contributed by atoms with Gasteiger partial charge in [-0.25, -0.2) is 0 Å². The van der Waals surface area contributed by atoms with Crippen LogP contribution in [0.3, 0.4) is 0 Å². The molecule has 0 radical (unpaired) electrons. The molecule has 0 amide bonds. The SMILES string of the molecule is COC(=O)CCNC(=S)NC1CCCCC1. The van der Waals surface area contributed by atoms with Gasteiger partial charge in [-0.2, -0.15) is 0 Å². The lowest BCUT2D eigenvalue weighted by Gasteiger charge is -2.24. The number of ether oxygens (including phenoxy) is 1. The fraction of sp³-hybridized carbons (Fsp3) is 0.818. The minimum Gasteiger partial charge on any atom is -0.469 e. The standard InChI is InChI=1S/C11H20N2O2S/c1-15-10(14)7-8-12-11(16)13-9-5-3-2-4-6-9/h9H,2-8H2,1H3,(H2,12,13,16). The van der Waals surface area contributed by atoms with Crippen LogP contribution in [0.4, 0.5) is 0 Å². The molecular formula is C11H20N2O2S. The molecule has 1 rings (SSSR count). The number of rotatable bonds is 4. The molecule has 1 fully saturated rings. The van der Waals surface area contributed by atoms with E-state index in [2.05, 4.69) is 15.4 Å². The number of hydrogen-bond donors (Lipinski definition) is 2. The lowest BCUT2D eigenvalue weighted by Crippen LogP contribution is -2.43. The lowest BCUT2D eigenvalue weighted by molar-refractivity contribution is -0.140. The van der Waals surface area contributed by atoms with Crippen molar-refractivity contribution in [3.05, 3.63) is 0 Å². The number of esters is 1. The van der Waals surface area contributed by atoms with Gasteiger partial charge in [0.1, 0.15) is 0 Å². The topological polar surface area (TPSA) is 50.4 Å². The van der Waals surface area contributed by atoms with E-state index in [0.717, 1.165) is 0 Å². The minimum absolute atomic E-state index is 0.215. The highest BCUT2D eigenvalue weighted by Gasteiger charge is 2.13. The van der Waals surface area contributed by atoms with Crippen LogP contribution in [-0.4, -0.2) is 30.8 Å². The van der Waals surface area contributed by atoms with Gasteiger partial charge in [0.15, 0.2) is 5.11 Å². The third kappa shape index (κ3) is 5.30. The van der Waals surface area contributed by atoms with Crippen molar-refractivity contribution in [3.63, 3.8) is 0 Å². The largest absolute Gasteiger partial charge is 0.469 e. The van der Waals surface area contributed by atoms with Crippen LogP contribution in [0.1, 0.15) is 38.5 Å². The zero-order valence-corrected chi connectivity index (χ0v) is 10.6. The van der Waals surface area contributed by atoms with E-state index in [0.29, 0.717) is 24.1 Å². The van der Waals surface area contributed by atoms with Gasteiger partial charge in [0.05, 0.1) is 13.5 Å². The summed E-state index contributed by atoms with van der Waals surface area (Å²) in [5.41, 5.74) is 0. The summed E-state index contributed by atoms with van der Waals surface area (Å²) in [6.07, 6.45) is 6.63. The van der Waals surface area contributed by atoms with Crippen molar-refractivity contribution < 1.29 is 9.53 Å². The highest BCUT2D eigenvalue weighted by Crippen LogP contribution is 2.17. The zero-order valence-electron chi connectivity index (χ0n) is 9.75. The normalized spacial score (nSPS) is 16.6. The molecule has 0 saturated heterocycles. The van der Waals surface area contributed by atoms with Crippen LogP contribution in [0.25, 0.3) is 0 Å². The summed E-state index contributed by atoms with van der Waals surface area (Å²) in [5, 5.41) is 6.94. The zero-order chi connectivity index (χ0) is 11.8. The van der Waals surface area contributed by atoms with Gasteiger partial charge >= 0.3 is 5.97 Å². The predicted octanol–water partition coefficient (Wildman–Crippen LogP) is 1.35. The quantitative estimate of drug-likeness (QED) is 0.577. The second kappa shape index (κ2) is 7.44. The highest BCUT2D eigenvalue weighted by molar-refractivity contribution is 7.80. The summed E-state index contributed by atoms with van der Waals surface area (Å²) < 4.78 is 4.54. The number of hydrogen-bond acceptors (Lipinski definition) is 3. The van der Waals surface area contributed by atoms with Crippen LogP contribution in [0.5, 0.6) is 0 Å². The van der Waals surface area contributed by atoms with Crippen LogP contribution in [0, 0.1) is 0 Å². The Morgan fingerprint density at radius 2 is 2.06 bits per heavy atom. The Morgan fingerprint density at radius 1 is 1.38 bits per heavy atom. The van der Waals surface area contributed by atoms with E-state index in [1.54, 1.807) is 0 Å². The summed E-state index contributed by atoms with van der Waals surface area (Å²) in [6.45, 7) is 0.533. The van der Waals surface area contributed by atoms with Crippen molar-refractivity contribution in [2.45, 2.75) is 44.6 Å². The molecule has 4 nitrogen and oxygen atoms in total. The Labute approximate surface area is 102 Å². The molecule has 0 aliphatic heterocycles. The van der Waals surface area contributed by atoms with E-state index in [1.165, 1.54) is 39.2 Å². The van der Waals surface area contributed by atoms with Crippen molar-refractivity contribution >= 4 is 23.3 Å². The van der Waals surface area contributed by atoms with Crippen molar-refractivity contribution in [1.29, 1.82) is 0 Å². The molecule has 0 aromatic rings. The van der Waals surface area contributed by atoms with Gasteiger partial charge in [-0.3, -0.25) is 4.79 Å². The Kier molecular flexibility index (Phi) is 6.15. The summed E-state index contributed by atoms with van der Waals surface area (Å²) in [4.78, 5) is 10.9. The van der Waals surface area contributed by atoms with Crippen LogP contribution in [0.15, 0.2) is 0 Å². The van der Waals surface area contributed by atoms with Crippen molar-refractivity contribution in [2.75, 3.05) is 13.7 Å². The third-order valence-corrected chi connectivity index (χ3v) is 3.04. The van der Waals surface area contributed by atoms with Gasteiger partial charge in [0, 0.05) is 12.6 Å². The Balaban J connectivity index is 2.08. The molecule has 0 atom stereocenters. The minimum atomic E-state index is -0.215. The van der Waals surface area contributed by atoms with E-state index < -0.39 is 0 Å². The van der Waals surface area contributed by atoms with Crippen LogP contribution in [0.2, 0.25) is 0 Å². The summed E-state index contributed by atoms with van der Waals surface area (Å²) in [6, 6.07) is 0.506. The summed E-state index contributed by atoms with van der Waals surface area (Å²) in [5.74, 6) is -0.215. The van der Waals surface area contributed by atoms with E-state index in [4.69, 9.17) is 12.2 Å². The maximum atomic E-state index is 10.9. The number of thiocarbonyl (C=S) groups is 1. The third-order valence-electron chi connectivity index (χ3n) is 2.78. The Morgan fingerprint density at radius 3 is 2.69 bits per heavy atom. The molecule has 0 aromatic heterocycles. The molecule has 0 spiro atoms. The number of carbonyl (C=O) groups excluding carboxylic acids is 1. The second-order valence-electron chi connectivity index (χ2n) is 4.06. The fourth-order valence-corrected chi connectivity index (χ4v) is 2.13. The molecule has 5 heteroatoms. The Bertz CT molecular complexity index is 240. The van der Waals surface area contributed by atoms with E-state index in [-0.39, 0.29) is 5.97 Å². The Hall–Kier alpha value is -0.840. The lowest BCUT2D eigenvalue weighted by atomic mass is 9.96. The van der Waals surface area contributed by atoms with Gasteiger partial charge < -0.3 is 15.4 Å². The van der Waals surface area contributed by atoms with Crippen molar-refractivity contribution in [1.82, 2.24) is 10.6 Å². The van der Waals surface area contributed by atoms with E-state index >= 15 is 0 Å². The average Bonchev–Trinajstić information content (AvgIpc) is 2.30. The molecular weight excluding hydrogens is 224 g/mol. The van der Waals surface area contributed by atoms with Gasteiger partial charge in [-0.15, -0.1) is 0 Å². The molecule has 0 heterocycles. The average molecular weight is 244 g/mol. The van der Waals surface area contributed by atoms with Crippen LogP contribution < -0.4 is 10.6 Å². The number of nitrogens with one attached hydrogen (secondary N) is 2. The highest BCUT2D eigenvalue weighted by atomic mass is 32.1. The number of methoxy groups -OCH3 is 1. The monoisotopic (exact) mass is 244 g/mol. The first-order valence-corrected chi connectivity index (χ1v) is 6.24. The smallest absolute Gasteiger partial charge is 0.307 e. The molecule has 1 aliphatic carbocycles. The molecule has 2 N–H and O–H groups in total. The molecule has 0 bridgehead atoms. The first-order valence-electron chi connectivity index (χ1n) is 5.83. The van der Waals surface area contributed by atoms with E-state index in [1.807, 2.05) is 0 Å². The predicted molar refractivity (Wildman–Crippen MR) is 67.2 cm³/mol. The molecule has 92 valence electrons. The number of carbonyl (C=O) groups is 1. The maximum Gasteiger partial charge on any atom is 0.307 e. The van der Waals surface area contributed by atoms with Gasteiger partial charge in [-0.05, 0) is 25.1 Å². The van der Waals surface area contributed by atoms with Gasteiger partial charge in [0.2, 0.25) is 0 Å². The molecule has 0 unspecified atom stereocenters. The van der Waals surface area contributed by atoms with Gasteiger partial charge in [0.25, 0.3) is 0 Å². The maximum absolute atomic E-state index is 10.9. The molecule has 0 aromatic carbocycles. The molecule has 16 heavy (non-hydrogen) atoms. The van der Waals surface area contributed by atoms with Gasteiger partial charge in [-0.1, -0.05) is 19.3 Å². The van der Waals surface area contributed by atoms with Crippen molar-refractivity contribution in [3.8, 4) is 0 Å². The van der Waals surface area contributed by atoms with Crippen molar-refractivity contribution in [2.24, 2.45) is 0 Å². The van der Waals surface area contributed by atoms with E-state index in [9.17, 15) is 4.79 Å². The summed E-state index contributed by atoms with van der Waals surface area (Å²) in [7, 11) is 1.39. The first-order chi connectivity index (χ1) is 7.72. The fourth-order valence-electron chi connectivity index (χ4n) is 1.86.